The van der Waals surface area contributed by atoms with Crippen LogP contribution in [0.25, 0.3) is 5.57 Å². The number of carbonyl (C=O) groups excluding carboxylic acids is 1. The summed E-state index contributed by atoms with van der Waals surface area (Å²) in [6.45, 7) is 3.96. The Kier molecular flexibility index (Phi) is 8.53. The average Bonchev–Trinajstić information content (AvgIpc) is 3.17. The van der Waals surface area contributed by atoms with Crippen molar-refractivity contribution in [2.45, 2.75) is 25.7 Å². The van der Waals surface area contributed by atoms with Crippen LogP contribution in [0.4, 0.5) is 17.1 Å². The predicted octanol–water partition coefficient (Wildman–Crippen LogP) is 5.21. The van der Waals surface area contributed by atoms with E-state index in [0.29, 0.717) is 25.9 Å². The van der Waals surface area contributed by atoms with Crippen LogP contribution in [0.15, 0.2) is 71.7 Å². The fourth-order valence-corrected chi connectivity index (χ4v) is 5.83. The normalized spacial score (nSPS) is 18.2. The molecule has 218 valence electrons. The van der Waals surface area contributed by atoms with E-state index < -0.39 is 0 Å². The van der Waals surface area contributed by atoms with Crippen molar-refractivity contribution in [3.05, 3.63) is 83.4 Å². The molecule has 1 atom stereocenters. The van der Waals surface area contributed by atoms with E-state index >= 15 is 0 Å². The van der Waals surface area contributed by atoms with Gasteiger partial charge in [-0.25, -0.2) is 0 Å². The largest absolute Gasteiger partial charge is 0.496 e. The molecule has 3 aliphatic rings. The summed E-state index contributed by atoms with van der Waals surface area (Å²) in [4.78, 5) is 20.5. The van der Waals surface area contributed by atoms with Crippen LogP contribution >= 0.6 is 0 Å². The molecule has 2 N–H and O–H groups in total. The molecule has 0 spiro atoms. The summed E-state index contributed by atoms with van der Waals surface area (Å²) in [5, 5.41) is 12.5. The van der Waals surface area contributed by atoms with Crippen molar-refractivity contribution < 1.29 is 24.1 Å². The van der Waals surface area contributed by atoms with Gasteiger partial charge in [-0.2, -0.15) is 0 Å². The highest BCUT2D eigenvalue weighted by molar-refractivity contribution is 6.19. The van der Waals surface area contributed by atoms with Crippen molar-refractivity contribution in [2.24, 2.45) is 10.9 Å². The fraction of sp³-hybridized carbons (Fsp3) is 0.353. The fourth-order valence-electron chi connectivity index (χ4n) is 5.83. The van der Waals surface area contributed by atoms with Crippen molar-refractivity contribution in [1.82, 2.24) is 0 Å². The van der Waals surface area contributed by atoms with Crippen LogP contribution in [-0.4, -0.2) is 63.4 Å². The number of nitrogens with zero attached hydrogens (tertiary/aromatic N) is 2. The van der Waals surface area contributed by atoms with E-state index in [1.165, 1.54) is 5.69 Å². The van der Waals surface area contributed by atoms with Gasteiger partial charge in [0.25, 0.3) is 0 Å². The van der Waals surface area contributed by atoms with E-state index in [9.17, 15) is 9.90 Å². The minimum atomic E-state index is -0.288. The molecule has 1 aliphatic carbocycles. The quantitative estimate of drug-likeness (QED) is 0.369. The molecule has 8 heteroatoms. The van der Waals surface area contributed by atoms with Crippen molar-refractivity contribution in [2.75, 3.05) is 56.8 Å². The van der Waals surface area contributed by atoms with Gasteiger partial charge in [0.1, 0.15) is 11.5 Å². The SMILES string of the molecule is COc1cc(C2=CC3=Nc4ccc(CCOc5ccc(N6CCOCC6)cc5)cc4NC(=O)C3CC2)ccc1CCO. The number of methoxy groups -OCH3 is 1. The van der Waals surface area contributed by atoms with Gasteiger partial charge in [0.2, 0.25) is 5.91 Å². The number of benzene rings is 3. The highest BCUT2D eigenvalue weighted by Crippen LogP contribution is 2.37. The molecular formula is C34H37N3O5. The zero-order valence-electron chi connectivity index (χ0n) is 24.0. The molecule has 3 aromatic rings. The van der Waals surface area contributed by atoms with Crippen molar-refractivity contribution in [3.8, 4) is 11.5 Å². The van der Waals surface area contributed by atoms with Gasteiger partial charge in [-0.05, 0) is 90.1 Å². The second kappa shape index (κ2) is 12.8. The standard InChI is InChI=1S/C34H37N3O5/c1-40-33-22-26(4-3-24(33)12-16-38)25-5-10-29-31(21-25)35-30-11-2-23(20-32(30)36-34(29)39)13-17-42-28-8-6-27(7-9-28)37-14-18-41-19-15-37/h2-4,6-9,11,20-22,29,38H,5,10,12-19H2,1H3,(H,36,39). The number of aliphatic hydroxyl groups is 1. The molecule has 0 aromatic heterocycles. The first kappa shape index (κ1) is 28.0. The van der Waals surface area contributed by atoms with Crippen molar-refractivity contribution in [3.63, 3.8) is 0 Å². The molecule has 1 amide bonds. The van der Waals surface area contributed by atoms with Crippen molar-refractivity contribution in [1.29, 1.82) is 0 Å². The molecule has 6 rings (SSSR count). The zero-order chi connectivity index (χ0) is 28.9. The van der Waals surface area contributed by atoms with Crippen molar-refractivity contribution >= 4 is 34.3 Å². The summed E-state index contributed by atoms with van der Waals surface area (Å²) >= 11 is 0. The first-order valence-corrected chi connectivity index (χ1v) is 14.7. The van der Waals surface area contributed by atoms with Gasteiger partial charge in [0.05, 0.1) is 49.9 Å². The zero-order valence-corrected chi connectivity index (χ0v) is 24.0. The number of allylic oxidation sites excluding steroid dienone is 2. The number of ether oxygens (including phenoxy) is 3. The summed E-state index contributed by atoms with van der Waals surface area (Å²) < 4.78 is 17.0. The number of carbonyl (C=O) groups is 1. The van der Waals surface area contributed by atoms with E-state index in [2.05, 4.69) is 40.6 Å². The molecule has 3 aromatic carbocycles. The lowest BCUT2D eigenvalue weighted by molar-refractivity contribution is -0.118. The highest BCUT2D eigenvalue weighted by atomic mass is 16.5. The number of aliphatic hydroxyl groups excluding tert-OH is 1. The first-order valence-electron chi connectivity index (χ1n) is 14.7. The van der Waals surface area contributed by atoms with Gasteiger partial charge in [-0.15, -0.1) is 0 Å². The lowest BCUT2D eigenvalue weighted by Gasteiger charge is -2.28. The molecule has 2 heterocycles. The van der Waals surface area contributed by atoms with E-state index in [1.54, 1.807) is 7.11 Å². The molecule has 0 radical (unpaired) electrons. The lowest BCUT2D eigenvalue weighted by Crippen LogP contribution is -2.36. The number of rotatable bonds is 9. The highest BCUT2D eigenvalue weighted by Gasteiger charge is 2.31. The van der Waals surface area contributed by atoms with Gasteiger partial charge in [-0.1, -0.05) is 18.2 Å². The maximum absolute atomic E-state index is 13.2. The molecule has 1 unspecified atom stereocenters. The molecule has 2 aliphatic heterocycles. The van der Waals surface area contributed by atoms with Gasteiger partial charge in [0.15, 0.2) is 0 Å². The number of anilines is 2. The van der Waals surface area contributed by atoms with E-state index in [4.69, 9.17) is 19.2 Å². The third kappa shape index (κ3) is 6.20. The second-order valence-electron chi connectivity index (χ2n) is 10.8. The summed E-state index contributed by atoms with van der Waals surface area (Å²) in [5.41, 5.74) is 7.69. The minimum Gasteiger partial charge on any atom is -0.496 e. The maximum Gasteiger partial charge on any atom is 0.233 e. The first-order chi connectivity index (χ1) is 20.6. The summed E-state index contributed by atoms with van der Waals surface area (Å²) in [5.74, 6) is 1.29. The molecule has 1 saturated heterocycles. The topological polar surface area (TPSA) is 92.6 Å². The Morgan fingerprint density at radius 1 is 1.05 bits per heavy atom. The van der Waals surface area contributed by atoms with Crippen LogP contribution in [0.5, 0.6) is 11.5 Å². The Balaban J connectivity index is 1.13. The molecular weight excluding hydrogens is 530 g/mol. The number of aliphatic imine (C=N–C) groups is 1. The average molecular weight is 568 g/mol. The second-order valence-corrected chi connectivity index (χ2v) is 10.8. The van der Waals surface area contributed by atoms with Crippen LogP contribution < -0.4 is 19.7 Å². The number of fused-ring (bicyclic) bond motifs is 2. The number of hydrogen-bond donors (Lipinski definition) is 2. The maximum atomic E-state index is 13.2. The monoisotopic (exact) mass is 567 g/mol. The summed E-state index contributed by atoms with van der Waals surface area (Å²) in [6, 6.07) is 20.3. The third-order valence-electron chi connectivity index (χ3n) is 8.18. The smallest absolute Gasteiger partial charge is 0.233 e. The minimum absolute atomic E-state index is 0.0209. The van der Waals surface area contributed by atoms with E-state index in [-0.39, 0.29) is 18.4 Å². The van der Waals surface area contributed by atoms with Crippen LogP contribution in [0.1, 0.15) is 29.5 Å². The Hall–Kier alpha value is -4.14. The van der Waals surface area contributed by atoms with Crippen LogP contribution in [-0.2, 0) is 22.4 Å². The predicted molar refractivity (Wildman–Crippen MR) is 165 cm³/mol. The van der Waals surface area contributed by atoms with E-state index in [0.717, 1.165) is 83.6 Å². The van der Waals surface area contributed by atoms with Gasteiger partial charge < -0.3 is 29.5 Å². The van der Waals surface area contributed by atoms with Crippen LogP contribution in [0.2, 0.25) is 0 Å². The molecule has 0 bridgehead atoms. The summed E-state index contributed by atoms with van der Waals surface area (Å²) in [6.07, 6.45) is 4.77. The molecule has 1 fully saturated rings. The number of nitrogens with one attached hydrogen (secondary N) is 1. The summed E-state index contributed by atoms with van der Waals surface area (Å²) in [7, 11) is 1.65. The molecule has 0 saturated carbocycles. The van der Waals surface area contributed by atoms with Crippen LogP contribution in [0, 0.1) is 5.92 Å². The number of morpholine rings is 1. The Bertz CT molecular complexity index is 1490. The lowest BCUT2D eigenvalue weighted by atomic mass is 9.84. The Morgan fingerprint density at radius 3 is 2.67 bits per heavy atom. The third-order valence-corrected chi connectivity index (χ3v) is 8.18. The van der Waals surface area contributed by atoms with Gasteiger partial charge in [-0.3, -0.25) is 9.79 Å². The van der Waals surface area contributed by atoms with E-state index in [1.807, 2.05) is 36.4 Å². The number of hydrogen-bond acceptors (Lipinski definition) is 7. The van der Waals surface area contributed by atoms with Crippen LogP contribution in [0.3, 0.4) is 0 Å². The van der Waals surface area contributed by atoms with Gasteiger partial charge >= 0.3 is 0 Å². The molecule has 42 heavy (non-hydrogen) atoms. The molecule has 8 nitrogen and oxygen atoms in total. The Morgan fingerprint density at radius 2 is 1.88 bits per heavy atom. The Labute approximate surface area is 246 Å². The number of amides is 1. The van der Waals surface area contributed by atoms with Gasteiger partial charge in [0, 0.05) is 31.8 Å².